The SMILES string of the molecule is C=C1Cc2ccc(C#Cc3cccnc3)cc2C(C)=C1C1=CC=CC1. The molecule has 0 atom stereocenters. The van der Waals surface area contributed by atoms with Crippen molar-refractivity contribution < 1.29 is 0 Å². The van der Waals surface area contributed by atoms with Crippen molar-refractivity contribution in [3.63, 3.8) is 0 Å². The first-order valence-corrected chi connectivity index (χ1v) is 8.53. The summed E-state index contributed by atoms with van der Waals surface area (Å²) in [5.41, 5.74) is 9.84. The molecule has 2 aromatic rings. The fourth-order valence-electron chi connectivity index (χ4n) is 3.56. The molecule has 0 aliphatic heterocycles. The van der Waals surface area contributed by atoms with Gasteiger partial charge in [0.1, 0.15) is 0 Å². The van der Waals surface area contributed by atoms with E-state index < -0.39 is 0 Å². The van der Waals surface area contributed by atoms with Crippen LogP contribution in [0, 0.1) is 11.8 Å². The van der Waals surface area contributed by atoms with Crippen molar-refractivity contribution >= 4 is 5.57 Å². The molecule has 1 heteroatoms. The zero-order valence-electron chi connectivity index (χ0n) is 14.3. The molecular weight excluding hydrogens is 302 g/mol. The van der Waals surface area contributed by atoms with Crippen LogP contribution in [0.3, 0.4) is 0 Å². The van der Waals surface area contributed by atoms with Crippen LogP contribution < -0.4 is 0 Å². The van der Waals surface area contributed by atoms with E-state index in [-0.39, 0.29) is 0 Å². The summed E-state index contributed by atoms with van der Waals surface area (Å²) in [6, 6.07) is 10.4. The number of nitrogens with zero attached hydrogens (tertiary/aromatic N) is 1. The molecule has 0 N–H and O–H groups in total. The molecule has 25 heavy (non-hydrogen) atoms. The van der Waals surface area contributed by atoms with Crippen molar-refractivity contribution in [3.8, 4) is 11.8 Å². The molecule has 0 fully saturated rings. The Hall–Kier alpha value is -3.11. The quantitative estimate of drug-likeness (QED) is 0.653. The third-order valence-electron chi connectivity index (χ3n) is 4.75. The molecular formula is C24H19N. The Bertz CT molecular complexity index is 1010. The maximum absolute atomic E-state index is 4.33. The third-order valence-corrected chi connectivity index (χ3v) is 4.75. The molecule has 2 aliphatic rings. The normalized spacial score (nSPS) is 15.6. The van der Waals surface area contributed by atoms with Gasteiger partial charge in [0.05, 0.1) is 0 Å². The van der Waals surface area contributed by atoms with Gasteiger partial charge in [0.25, 0.3) is 0 Å². The standard InChI is InChI=1S/C24H19N/c1-17-14-22-12-11-19(9-10-20-6-5-13-25-16-20)15-23(22)18(2)24(17)21-7-3-4-8-21/h3-7,11-13,15-16H,1,8,14H2,2H3. The lowest BCUT2D eigenvalue weighted by Crippen LogP contribution is -2.08. The Morgan fingerprint density at radius 3 is 2.76 bits per heavy atom. The maximum atomic E-state index is 4.33. The highest BCUT2D eigenvalue weighted by Crippen LogP contribution is 2.39. The molecule has 0 radical (unpaired) electrons. The van der Waals surface area contributed by atoms with Crippen molar-refractivity contribution in [2.75, 3.05) is 0 Å². The van der Waals surface area contributed by atoms with E-state index in [0.717, 1.165) is 24.0 Å². The number of hydrogen-bond donors (Lipinski definition) is 0. The third kappa shape index (κ3) is 2.99. The number of pyridine rings is 1. The molecule has 0 amide bonds. The van der Waals surface area contributed by atoms with E-state index in [2.05, 4.69) is 66.8 Å². The second-order valence-corrected chi connectivity index (χ2v) is 6.47. The lowest BCUT2D eigenvalue weighted by molar-refractivity contribution is 1.10. The zero-order chi connectivity index (χ0) is 17.2. The number of fused-ring (bicyclic) bond motifs is 1. The monoisotopic (exact) mass is 321 g/mol. The van der Waals surface area contributed by atoms with Gasteiger partial charge in [-0.25, -0.2) is 0 Å². The van der Waals surface area contributed by atoms with Gasteiger partial charge in [0, 0.05) is 23.5 Å². The first kappa shape index (κ1) is 15.4. The molecule has 1 aromatic carbocycles. The lowest BCUT2D eigenvalue weighted by Gasteiger charge is -2.24. The van der Waals surface area contributed by atoms with E-state index in [1.54, 1.807) is 12.4 Å². The van der Waals surface area contributed by atoms with Crippen molar-refractivity contribution in [2.45, 2.75) is 19.8 Å². The topological polar surface area (TPSA) is 12.9 Å². The van der Waals surface area contributed by atoms with Crippen molar-refractivity contribution in [2.24, 2.45) is 0 Å². The highest BCUT2D eigenvalue weighted by atomic mass is 14.6. The summed E-state index contributed by atoms with van der Waals surface area (Å²) in [5, 5.41) is 0. The molecule has 0 bridgehead atoms. The first-order chi connectivity index (χ1) is 12.2. The van der Waals surface area contributed by atoms with Gasteiger partial charge < -0.3 is 0 Å². The molecule has 1 heterocycles. The lowest BCUT2D eigenvalue weighted by atomic mass is 9.79. The van der Waals surface area contributed by atoms with E-state index in [9.17, 15) is 0 Å². The minimum Gasteiger partial charge on any atom is -0.263 e. The molecule has 4 rings (SSSR count). The smallest absolute Gasteiger partial charge is 0.0432 e. The van der Waals surface area contributed by atoms with Crippen molar-refractivity contribution in [1.82, 2.24) is 4.98 Å². The molecule has 0 unspecified atom stereocenters. The van der Waals surface area contributed by atoms with Crippen molar-refractivity contribution in [3.05, 3.63) is 107 Å². The van der Waals surface area contributed by atoms with E-state index in [1.165, 1.54) is 33.4 Å². The minimum atomic E-state index is 0.912. The molecule has 0 spiro atoms. The maximum Gasteiger partial charge on any atom is 0.0432 e. The molecule has 0 saturated carbocycles. The Balaban J connectivity index is 1.74. The van der Waals surface area contributed by atoms with Crippen LogP contribution in [0.5, 0.6) is 0 Å². The van der Waals surface area contributed by atoms with Crippen LogP contribution in [-0.2, 0) is 6.42 Å². The van der Waals surface area contributed by atoms with Gasteiger partial charge in [-0.1, -0.05) is 42.7 Å². The van der Waals surface area contributed by atoms with Crippen LogP contribution in [0.15, 0.2) is 84.3 Å². The highest BCUT2D eigenvalue weighted by Gasteiger charge is 2.21. The summed E-state index contributed by atoms with van der Waals surface area (Å²) >= 11 is 0. The second kappa shape index (κ2) is 6.42. The molecule has 1 aromatic heterocycles. The van der Waals surface area contributed by atoms with Gasteiger partial charge >= 0.3 is 0 Å². The number of hydrogen-bond acceptors (Lipinski definition) is 1. The van der Waals surface area contributed by atoms with Crippen LogP contribution in [0.25, 0.3) is 5.57 Å². The Morgan fingerprint density at radius 2 is 2.00 bits per heavy atom. The van der Waals surface area contributed by atoms with Crippen LogP contribution in [0.2, 0.25) is 0 Å². The van der Waals surface area contributed by atoms with Gasteiger partial charge in [-0.3, -0.25) is 4.98 Å². The number of benzene rings is 1. The van der Waals surface area contributed by atoms with Gasteiger partial charge in [-0.05, 0) is 77.5 Å². The number of allylic oxidation sites excluding steroid dienone is 7. The largest absolute Gasteiger partial charge is 0.263 e. The number of aromatic nitrogens is 1. The predicted octanol–water partition coefficient (Wildman–Crippen LogP) is 5.25. The average Bonchev–Trinajstić information content (AvgIpc) is 3.15. The van der Waals surface area contributed by atoms with Gasteiger partial charge in [0.2, 0.25) is 0 Å². The van der Waals surface area contributed by atoms with Crippen molar-refractivity contribution in [1.29, 1.82) is 0 Å². The fraction of sp³-hybridized carbons (Fsp3) is 0.125. The van der Waals surface area contributed by atoms with Crippen LogP contribution in [-0.4, -0.2) is 4.98 Å². The van der Waals surface area contributed by atoms with E-state index in [4.69, 9.17) is 0 Å². The van der Waals surface area contributed by atoms with Crippen LogP contribution in [0.4, 0.5) is 0 Å². The summed E-state index contributed by atoms with van der Waals surface area (Å²) < 4.78 is 0. The number of rotatable bonds is 1. The van der Waals surface area contributed by atoms with E-state index in [0.29, 0.717) is 0 Å². The Morgan fingerprint density at radius 1 is 1.12 bits per heavy atom. The van der Waals surface area contributed by atoms with Gasteiger partial charge in [-0.2, -0.15) is 0 Å². The summed E-state index contributed by atoms with van der Waals surface area (Å²) in [5.74, 6) is 6.46. The highest BCUT2D eigenvalue weighted by molar-refractivity contribution is 5.81. The van der Waals surface area contributed by atoms with E-state index in [1.807, 2.05) is 12.1 Å². The Labute approximate surface area is 149 Å². The van der Waals surface area contributed by atoms with Gasteiger partial charge in [-0.15, -0.1) is 0 Å². The van der Waals surface area contributed by atoms with E-state index >= 15 is 0 Å². The molecule has 0 saturated heterocycles. The minimum absolute atomic E-state index is 0.912. The van der Waals surface area contributed by atoms with Gasteiger partial charge in [0.15, 0.2) is 0 Å². The van der Waals surface area contributed by atoms with Crippen LogP contribution in [0.1, 0.15) is 35.6 Å². The predicted molar refractivity (Wildman–Crippen MR) is 104 cm³/mol. The summed E-state index contributed by atoms with van der Waals surface area (Å²) in [4.78, 5) is 4.11. The average molecular weight is 321 g/mol. The summed E-state index contributed by atoms with van der Waals surface area (Å²) in [6.45, 7) is 6.53. The molecule has 120 valence electrons. The Kier molecular flexibility index (Phi) is 3.96. The first-order valence-electron chi connectivity index (χ1n) is 8.53. The second-order valence-electron chi connectivity index (χ2n) is 6.47. The van der Waals surface area contributed by atoms with Crippen LogP contribution >= 0.6 is 0 Å². The summed E-state index contributed by atoms with van der Waals surface area (Å²) in [7, 11) is 0. The zero-order valence-corrected chi connectivity index (χ0v) is 14.3. The fourth-order valence-corrected chi connectivity index (χ4v) is 3.56. The summed E-state index contributed by atoms with van der Waals surface area (Å²) in [6.07, 6.45) is 12.0. The molecule has 1 nitrogen and oxygen atoms in total. The molecule has 2 aliphatic carbocycles.